The van der Waals surface area contributed by atoms with Crippen LogP contribution < -0.4 is 5.32 Å². The standard InChI is InChI=1S/C19H9ClF7N5/c20-13-5-9(21)1-2-10(13)16-14(29-3-4-30-16)8-31-17-11(7-28)12(18(22,23)24)6-15(32-17)19(25,26)27/h1-6H,8H2,(H,31,32). The van der Waals surface area contributed by atoms with Crippen LogP contribution in [0.2, 0.25) is 5.02 Å². The molecule has 0 unspecified atom stereocenters. The van der Waals surface area contributed by atoms with Crippen LogP contribution in [0, 0.1) is 17.1 Å². The Kier molecular flexibility index (Phi) is 6.23. The van der Waals surface area contributed by atoms with Crippen LogP contribution in [0.1, 0.15) is 22.5 Å². The lowest BCUT2D eigenvalue weighted by molar-refractivity contribution is -0.145. The van der Waals surface area contributed by atoms with Crippen LogP contribution in [0.15, 0.2) is 36.7 Å². The first-order chi connectivity index (χ1) is 14.9. The van der Waals surface area contributed by atoms with Crippen LogP contribution in [0.5, 0.6) is 0 Å². The molecule has 3 aromatic rings. The van der Waals surface area contributed by atoms with Crippen molar-refractivity contribution in [2.45, 2.75) is 18.9 Å². The van der Waals surface area contributed by atoms with Gasteiger partial charge in [-0.3, -0.25) is 9.97 Å². The number of nitriles is 1. The molecule has 0 bridgehead atoms. The molecule has 32 heavy (non-hydrogen) atoms. The third-order valence-electron chi connectivity index (χ3n) is 4.11. The van der Waals surface area contributed by atoms with Crippen LogP contribution >= 0.6 is 11.6 Å². The van der Waals surface area contributed by atoms with Gasteiger partial charge in [0.15, 0.2) is 0 Å². The molecule has 0 spiro atoms. The lowest BCUT2D eigenvalue weighted by Gasteiger charge is -2.17. The van der Waals surface area contributed by atoms with Crippen LogP contribution in [0.25, 0.3) is 11.3 Å². The molecular weight excluding hydrogens is 467 g/mol. The normalized spacial score (nSPS) is 11.8. The highest BCUT2D eigenvalue weighted by atomic mass is 35.5. The van der Waals surface area contributed by atoms with Gasteiger partial charge in [-0.15, -0.1) is 0 Å². The summed E-state index contributed by atoms with van der Waals surface area (Å²) in [5, 5.41) is 11.4. The van der Waals surface area contributed by atoms with E-state index in [9.17, 15) is 30.7 Å². The zero-order chi connectivity index (χ0) is 23.7. The quantitative estimate of drug-likeness (QED) is 0.479. The molecule has 166 valence electrons. The second-order valence-electron chi connectivity index (χ2n) is 6.22. The number of benzene rings is 1. The third-order valence-corrected chi connectivity index (χ3v) is 4.42. The van der Waals surface area contributed by atoms with Crippen LogP contribution in [0.4, 0.5) is 36.6 Å². The number of anilines is 1. The summed E-state index contributed by atoms with van der Waals surface area (Å²) in [6, 6.07) is 4.39. The Labute approximate surface area is 180 Å². The zero-order valence-electron chi connectivity index (χ0n) is 15.5. The van der Waals surface area contributed by atoms with E-state index in [0.717, 1.165) is 12.1 Å². The number of aromatic nitrogens is 3. The third kappa shape index (κ3) is 4.88. The molecule has 0 saturated heterocycles. The lowest BCUT2D eigenvalue weighted by atomic mass is 10.1. The Morgan fingerprint density at radius 2 is 1.69 bits per heavy atom. The molecular formula is C19H9ClF7N5. The minimum atomic E-state index is -5.23. The van der Waals surface area contributed by atoms with Crippen molar-refractivity contribution in [3.8, 4) is 17.3 Å². The number of halogens is 8. The van der Waals surface area contributed by atoms with Gasteiger partial charge in [-0.1, -0.05) is 11.6 Å². The SMILES string of the molecule is N#Cc1c(C(F)(F)F)cc(C(F)(F)F)nc1NCc1nccnc1-c1ccc(F)cc1Cl. The van der Waals surface area contributed by atoms with Gasteiger partial charge in [-0.2, -0.15) is 31.6 Å². The molecule has 0 radical (unpaired) electrons. The average Bonchev–Trinajstić information content (AvgIpc) is 2.70. The van der Waals surface area contributed by atoms with E-state index in [2.05, 4.69) is 20.3 Å². The van der Waals surface area contributed by atoms with E-state index in [0.29, 0.717) is 0 Å². The van der Waals surface area contributed by atoms with E-state index >= 15 is 0 Å². The van der Waals surface area contributed by atoms with Crippen molar-refractivity contribution in [1.29, 1.82) is 5.26 Å². The van der Waals surface area contributed by atoms with Crippen molar-refractivity contribution in [2.24, 2.45) is 0 Å². The summed E-state index contributed by atoms with van der Waals surface area (Å²) < 4.78 is 92.4. The Balaban J connectivity index is 2.05. The summed E-state index contributed by atoms with van der Waals surface area (Å²) in [6.45, 7) is -0.461. The molecule has 0 aliphatic heterocycles. The highest BCUT2D eigenvalue weighted by Gasteiger charge is 2.41. The molecule has 3 rings (SSSR count). The number of hydrogen-bond donors (Lipinski definition) is 1. The predicted octanol–water partition coefficient (Wildman–Crippen LogP) is 5.85. The van der Waals surface area contributed by atoms with E-state index in [1.165, 1.54) is 24.5 Å². The van der Waals surface area contributed by atoms with Crippen molar-refractivity contribution in [3.05, 3.63) is 70.0 Å². The highest BCUT2D eigenvalue weighted by Crippen LogP contribution is 2.39. The molecule has 5 nitrogen and oxygen atoms in total. The van der Waals surface area contributed by atoms with Gasteiger partial charge in [-0.25, -0.2) is 9.37 Å². The number of alkyl halides is 6. The number of hydrogen-bond acceptors (Lipinski definition) is 5. The predicted molar refractivity (Wildman–Crippen MR) is 98.7 cm³/mol. The fourth-order valence-corrected chi connectivity index (χ4v) is 2.98. The second kappa shape index (κ2) is 8.58. The fourth-order valence-electron chi connectivity index (χ4n) is 2.73. The summed E-state index contributed by atoms with van der Waals surface area (Å²) in [6.07, 6.45) is -7.93. The molecule has 0 aliphatic carbocycles. The molecule has 0 amide bonds. The van der Waals surface area contributed by atoms with Crippen LogP contribution in [-0.2, 0) is 18.9 Å². The van der Waals surface area contributed by atoms with Gasteiger partial charge in [0.1, 0.15) is 29.0 Å². The number of nitrogens with zero attached hydrogens (tertiary/aromatic N) is 4. The Morgan fingerprint density at radius 3 is 2.28 bits per heavy atom. The first-order valence-corrected chi connectivity index (χ1v) is 8.88. The van der Waals surface area contributed by atoms with E-state index in [-0.39, 0.29) is 28.0 Å². The van der Waals surface area contributed by atoms with E-state index in [1.807, 2.05) is 0 Å². The van der Waals surface area contributed by atoms with Gasteiger partial charge in [-0.05, 0) is 24.3 Å². The molecule has 0 atom stereocenters. The summed E-state index contributed by atoms with van der Waals surface area (Å²) in [4.78, 5) is 11.2. The molecule has 2 heterocycles. The van der Waals surface area contributed by atoms with Crippen LogP contribution in [0.3, 0.4) is 0 Å². The topological polar surface area (TPSA) is 74.5 Å². The maximum atomic E-state index is 13.3. The van der Waals surface area contributed by atoms with E-state index < -0.39 is 47.4 Å². The van der Waals surface area contributed by atoms with Crippen LogP contribution in [-0.4, -0.2) is 15.0 Å². The Hall–Kier alpha value is -3.46. The van der Waals surface area contributed by atoms with Gasteiger partial charge in [0.25, 0.3) is 0 Å². The van der Waals surface area contributed by atoms with Crippen molar-refractivity contribution in [1.82, 2.24) is 15.0 Å². The van der Waals surface area contributed by atoms with Crippen molar-refractivity contribution in [2.75, 3.05) is 5.32 Å². The molecule has 1 N–H and O–H groups in total. The Bertz CT molecular complexity index is 1200. The Morgan fingerprint density at radius 1 is 1.00 bits per heavy atom. The smallest absolute Gasteiger partial charge is 0.363 e. The minimum Gasteiger partial charge on any atom is -0.363 e. The summed E-state index contributed by atoms with van der Waals surface area (Å²) in [5.41, 5.74) is -4.34. The van der Waals surface area contributed by atoms with E-state index in [4.69, 9.17) is 16.9 Å². The number of rotatable bonds is 4. The number of pyridine rings is 1. The maximum Gasteiger partial charge on any atom is 0.433 e. The maximum absolute atomic E-state index is 13.3. The van der Waals surface area contributed by atoms with Gasteiger partial charge >= 0.3 is 12.4 Å². The first-order valence-electron chi connectivity index (χ1n) is 8.50. The molecule has 2 aromatic heterocycles. The largest absolute Gasteiger partial charge is 0.433 e. The van der Waals surface area contributed by atoms with Gasteiger partial charge < -0.3 is 5.32 Å². The highest BCUT2D eigenvalue weighted by molar-refractivity contribution is 6.33. The molecule has 13 heteroatoms. The minimum absolute atomic E-state index is 0.0407. The van der Waals surface area contributed by atoms with Gasteiger partial charge in [0.05, 0.1) is 28.5 Å². The molecule has 0 saturated carbocycles. The first kappa shape index (κ1) is 23.2. The number of nitrogens with one attached hydrogen (secondary N) is 1. The lowest BCUT2D eigenvalue weighted by Crippen LogP contribution is -2.18. The van der Waals surface area contributed by atoms with Crippen molar-refractivity contribution >= 4 is 17.4 Å². The van der Waals surface area contributed by atoms with Crippen molar-refractivity contribution in [3.63, 3.8) is 0 Å². The summed E-state index contributed by atoms with van der Waals surface area (Å²) in [7, 11) is 0. The fraction of sp³-hybridized carbons (Fsp3) is 0.158. The van der Waals surface area contributed by atoms with Gasteiger partial charge in [0, 0.05) is 18.0 Å². The second-order valence-corrected chi connectivity index (χ2v) is 6.62. The van der Waals surface area contributed by atoms with Gasteiger partial charge in [0.2, 0.25) is 0 Å². The zero-order valence-corrected chi connectivity index (χ0v) is 16.2. The molecule has 1 aromatic carbocycles. The van der Waals surface area contributed by atoms with E-state index in [1.54, 1.807) is 0 Å². The molecule has 0 aliphatic rings. The summed E-state index contributed by atoms with van der Waals surface area (Å²) in [5.74, 6) is -1.56. The average molecular weight is 476 g/mol. The van der Waals surface area contributed by atoms with Crippen molar-refractivity contribution < 1.29 is 30.7 Å². The molecule has 0 fully saturated rings. The summed E-state index contributed by atoms with van der Waals surface area (Å²) >= 11 is 6.01. The monoisotopic (exact) mass is 475 g/mol.